The van der Waals surface area contributed by atoms with Gasteiger partial charge in [-0.2, -0.15) is 0 Å². The van der Waals surface area contributed by atoms with Gasteiger partial charge < -0.3 is 14.0 Å². The average molecular weight is 431 g/mol. The van der Waals surface area contributed by atoms with Gasteiger partial charge in [-0.1, -0.05) is 41.4 Å². The quantitative estimate of drug-likeness (QED) is 0.510. The summed E-state index contributed by atoms with van der Waals surface area (Å²) in [5.74, 6) is 1.52. The molecule has 0 radical (unpaired) electrons. The molecule has 152 valence electrons. The topological polar surface area (TPSA) is 26.6 Å². The van der Waals surface area contributed by atoms with Crippen LogP contribution in [0.15, 0.2) is 54.7 Å². The number of fused-ring (bicyclic) bond motifs is 1. The molecule has 0 spiro atoms. The van der Waals surface area contributed by atoms with Crippen LogP contribution >= 0.6 is 23.2 Å². The molecule has 6 heteroatoms. The Kier molecular flexibility index (Phi) is 6.04. The van der Waals surface area contributed by atoms with Crippen LogP contribution < -0.4 is 9.47 Å². The lowest BCUT2D eigenvalue weighted by molar-refractivity contribution is 0.216. The molecule has 1 unspecified atom stereocenters. The van der Waals surface area contributed by atoms with E-state index in [9.17, 15) is 0 Å². The summed E-state index contributed by atoms with van der Waals surface area (Å²) in [5.41, 5.74) is 3.47. The lowest BCUT2D eigenvalue weighted by atomic mass is 10.0. The van der Waals surface area contributed by atoms with Crippen molar-refractivity contribution >= 4 is 23.2 Å². The van der Waals surface area contributed by atoms with Gasteiger partial charge in [-0.15, -0.1) is 0 Å². The van der Waals surface area contributed by atoms with Crippen LogP contribution in [-0.2, 0) is 13.1 Å². The van der Waals surface area contributed by atoms with Crippen molar-refractivity contribution < 1.29 is 9.47 Å². The van der Waals surface area contributed by atoms with Crippen LogP contribution in [0, 0.1) is 0 Å². The first-order valence-electron chi connectivity index (χ1n) is 9.66. The van der Waals surface area contributed by atoms with E-state index in [2.05, 4.69) is 39.9 Å². The van der Waals surface area contributed by atoms with E-state index in [1.54, 1.807) is 14.2 Å². The Bertz CT molecular complexity index is 1000. The van der Waals surface area contributed by atoms with Crippen molar-refractivity contribution in [3.8, 4) is 11.5 Å². The Balaban J connectivity index is 1.77. The largest absolute Gasteiger partial charge is 0.493 e. The SMILES string of the molecule is COc1cccc(CN2CCCn3cccc3C2c2ccc(Cl)c(Cl)c2)c1OC. The smallest absolute Gasteiger partial charge is 0.165 e. The third-order valence-corrected chi connectivity index (χ3v) is 6.21. The zero-order valence-electron chi connectivity index (χ0n) is 16.6. The summed E-state index contributed by atoms with van der Waals surface area (Å²) in [7, 11) is 3.35. The molecule has 3 aromatic rings. The van der Waals surface area contributed by atoms with Crippen molar-refractivity contribution in [3.63, 3.8) is 0 Å². The molecule has 0 saturated carbocycles. The van der Waals surface area contributed by atoms with E-state index in [-0.39, 0.29) is 6.04 Å². The van der Waals surface area contributed by atoms with E-state index in [4.69, 9.17) is 32.7 Å². The minimum Gasteiger partial charge on any atom is -0.493 e. The molecule has 4 rings (SSSR count). The molecule has 1 aliphatic rings. The third kappa shape index (κ3) is 3.97. The molecular weight excluding hydrogens is 407 g/mol. The van der Waals surface area contributed by atoms with Crippen molar-refractivity contribution in [1.29, 1.82) is 0 Å². The number of aryl methyl sites for hydroxylation is 1. The highest BCUT2D eigenvalue weighted by molar-refractivity contribution is 6.42. The van der Waals surface area contributed by atoms with Crippen molar-refractivity contribution in [3.05, 3.63) is 81.6 Å². The first kappa shape index (κ1) is 20.1. The van der Waals surface area contributed by atoms with Crippen molar-refractivity contribution in [2.75, 3.05) is 20.8 Å². The van der Waals surface area contributed by atoms with E-state index >= 15 is 0 Å². The normalized spacial score (nSPS) is 16.9. The number of methoxy groups -OCH3 is 2. The monoisotopic (exact) mass is 430 g/mol. The van der Waals surface area contributed by atoms with Gasteiger partial charge in [0.05, 0.1) is 30.3 Å². The van der Waals surface area contributed by atoms with Gasteiger partial charge in [-0.3, -0.25) is 4.90 Å². The maximum absolute atomic E-state index is 6.38. The van der Waals surface area contributed by atoms with Crippen LogP contribution in [0.5, 0.6) is 11.5 Å². The number of nitrogens with zero attached hydrogens (tertiary/aromatic N) is 2. The molecule has 0 fully saturated rings. The predicted molar refractivity (Wildman–Crippen MR) is 117 cm³/mol. The Morgan fingerprint density at radius 2 is 1.83 bits per heavy atom. The van der Waals surface area contributed by atoms with E-state index < -0.39 is 0 Å². The predicted octanol–water partition coefficient (Wildman–Crippen LogP) is 5.81. The Morgan fingerprint density at radius 1 is 0.966 bits per heavy atom. The van der Waals surface area contributed by atoms with E-state index in [0.717, 1.165) is 48.7 Å². The lowest BCUT2D eigenvalue weighted by Crippen LogP contribution is -2.29. The van der Waals surface area contributed by atoms with Gasteiger partial charge in [0.15, 0.2) is 11.5 Å². The summed E-state index contributed by atoms with van der Waals surface area (Å²) in [6, 6.07) is 16.3. The Hall–Kier alpha value is -2.14. The third-order valence-electron chi connectivity index (χ3n) is 5.47. The lowest BCUT2D eigenvalue weighted by Gasteiger charge is -2.31. The number of aromatic nitrogens is 1. The van der Waals surface area contributed by atoms with Crippen LogP contribution in [0.3, 0.4) is 0 Å². The van der Waals surface area contributed by atoms with E-state index in [0.29, 0.717) is 10.0 Å². The van der Waals surface area contributed by atoms with Gasteiger partial charge in [0.2, 0.25) is 0 Å². The Morgan fingerprint density at radius 3 is 2.59 bits per heavy atom. The molecule has 0 bridgehead atoms. The van der Waals surface area contributed by atoms with Crippen LogP contribution in [0.4, 0.5) is 0 Å². The summed E-state index contributed by atoms with van der Waals surface area (Å²) in [6.45, 7) is 2.68. The first-order valence-corrected chi connectivity index (χ1v) is 10.4. The van der Waals surface area contributed by atoms with Gasteiger partial charge in [-0.05, 0) is 42.3 Å². The highest BCUT2D eigenvalue weighted by atomic mass is 35.5. The van der Waals surface area contributed by atoms with Crippen molar-refractivity contribution in [2.24, 2.45) is 0 Å². The molecule has 4 nitrogen and oxygen atoms in total. The molecule has 0 saturated heterocycles. The van der Waals surface area contributed by atoms with Gasteiger partial charge >= 0.3 is 0 Å². The molecule has 29 heavy (non-hydrogen) atoms. The second-order valence-corrected chi connectivity index (χ2v) is 7.99. The standard InChI is InChI=1S/C23H24Cl2N2O2/c1-28-21-8-3-6-17(23(21)29-2)15-27-13-5-12-26-11-4-7-20(26)22(27)16-9-10-18(24)19(25)14-16/h3-4,6-11,14,22H,5,12-13,15H2,1-2H3. The van der Waals surface area contributed by atoms with E-state index in [1.165, 1.54) is 5.69 Å². The maximum atomic E-state index is 6.38. The molecule has 1 aromatic heterocycles. The second kappa shape index (κ2) is 8.70. The highest BCUT2D eigenvalue weighted by Crippen LogP contribution is 2.38. The van der Waals surface area contributed by atoms with Gasteiger partial charge in [-0.25, -0.2) is 0 Å². The summed E-state index contributed by atoms with van der Waals surface area (Å²) in [5, 5.41) is 1.14. The second-order valence-electron chi connectivity index (χ2n) is 7.18. The molecule has 2 heterocycles. The fraction of sp³-hybridized carbons (Fsp3) is 0.304. The highest BCUT2D eigenvalue weighted by Gasteiger charge is 2.28. The van der Waals surface area contributed by atoms with Gasteiger partial charge in [0.25, 0.3) is 0 Å². The molecule has 2 aromatic carbocycles. The fourth-order valence-corrected chi connectivity index (χ4v) is 4.48. The van der Waals surface area contributed by atoms with Crippen LogP contribution in [0.1, 0.15) is 29.3 Å². The molecular formula is C23H24Cl2N2O2. The Labute approximate surface area is 181 Å². The van der Waals surface area contributed by atoms with Crippen molar-refractivity contribution in [1.82, 2.24) is 9.47 Å². The first-order chi connectivity index (χ1) is 14.1. The number of benzene rings is 2. The summed E-state index contributed by atoms with van der Waals surface area (Å²) in [4.78, 5) is 2.47. The fourth-order valence-electron chi connectivity index (χ4n) is 4.17. The number of rotatable bonds is 5. The van der Waals surface area contributed by atoms with Crippen LogP contribution in [0.2, 0.25) is 10.0 Å². The van der Waals surface area contributed by atoms with E-state index in [1.807, 2.05) is 24.3 Å². The molecule has 0 N–H and O–H groups in total. The molecule has 1 atom stereocenters. The van der Waals surface area contributed by atoms with Crippen LogP contribution in [0.25, 0.3) is 0 Å². The van der Waals surface area contributed by atoms with Gasteiger partial charge in [0, 0.05) is 37.1 Å². The zero-order chi connectivity index (χ0) is 20.4. The summed E-state index contributed by atoms with van der Waals surface area (Å²) < 4.78 is 13.5. The van der Waals surface area contributed by atoms with Gasteiger partial charge in [0.1, 0.15) is 0 Å². The minimum atomic E-state index is 0.0678. The average Bonchev–Trinajstić information content (AvgIpc) is 3.11. The molecule has 1 aliphatic heterocycles. The number of hydrogen-bond donors (Lipinski definition) is 0. The molecule has 0 aliphatic carbocycles. The number of ether oxygens (including phenoxy) is 2. The summed E-state index contributed by atoms with van der Waals surface area (Å²) in [6.07, 6.45) is 3.21. The zero-order valence-corrected chi connectivity index (χ0v) is 18.1. The minimum absolute atomic E-state index is 0.0678. The maximum Gasteiger partial charge on any atom is 0.165 e. The number of para-hydroxylation sites is 1. The summed E-state index contributed by atoms with van der Waals surface area (Å²) >= 11 is 12.6. The number of halogens is 2. The van der Waals surface area contributed by atoms with Crippen LogP contribution in [-0.4, -0.2) is 30.2 Å². The van der Waals surface area contributed by atoms with Crippen molar-refractivity contribution in [2.45, 2.75) is 25.6 Å². The molecule has 0 amide bonds. The number of hydrogen-bond acceptors (Lipinski definition) is 3.